The van der Waals surface area contributed by atoms with E-state index in [0.717, 1.165) is 24.3 Å². The zero-order chi connectivity index (χ0) is 13.3. The van der Waals surface area contributed by atoms with E-state index in [1.165, 1.54) is 6.42 Å². The molecule has 0 aromatic heterocycles. The first-order valence-electron chi connectivity index (χ1n) is 6.73. The van der Waals surface area contributed by atoms with Gasteiger partial charge in [-0.2, -0.15) is 11.8 Å². The Labute approximate surface area is 115 Å². The lowest BCUT2D eigenvalue weighted by Gasteiger charge is -2.21. The number of nitrogens with zero attached hydrogens (tertiary/aromatic N) is 1. The summed E-state index contributed by atoms with van der Waals surface area (Å²) in [6.07, 6.45) is 14.1. The highest BCUT2D eigenvalue weighted by Crippen LogP contribution is 2.25. The standard InChI is InChI=1S/C15H25NOS/c1-14(7-6-11-18-12-10-17)16-13-15(2)8-4-3-5-9-15/h3-5,8,13-14,17H,6-7,9-12H2,1-2H3. The Morgan fingerprint density at radius 1 is 1.44 bits per heavy atom. The van der Waals surface area contributed by atoms with E-state index >= 15 is 0 Å². The summed E-state index contributed by atoms with van der Waals surface area (Å²) in [5.41, 5.74) is 0.106. The van der Waals surface area contributed by atoms with Gasteiger partial charge in [-0.25, -0.2) is 0 Å². The van der Waals surface area contributed by atoms with Crippen LogP contribution in [0.15, 0.2) is 29.3 Å². The van der Waals surface area contributed by atoms with Crippen molar-refractivity contribution in [2.24, 2.45) is 10.4 Å². The molecule has 0 bridgehead atoms. The van der Waals surface area contributed by atoms with Crippen molar-refractivity contribution in [3.63, 3.8) is 0 Å². The number of aliphatic imine (C=N–C) groups is 1. The first kappa shape index (κ1) is 15.5. The zero-order valence-electron chi connectivity index (χ0n) is 11.5. The molecule has 0 saturated carbocycles. The van der Waals surface area contributed by atoms with Gasteiger partial charge in [-0.15, -0.1) is 0 Å². The van der Waals surface area contributed by atoms with Crippen molar-refractivity contribution in [2.75, 3.05) is 18.1 Å². The van der Waals surface area contributed by atoms with E-state index in [0.29, 0.717) is 6.04 Å². The highest BCUT2D eigenvalue weighted by molar-refractivity contribution is 7.99. The van der Waals surface area contributed by atoms with Crippen molar-refractivity contribution in [3.05, 3.63) is 24.3 Å². The molecule has 0 radical (unpaired) electrons. The largest absolute Gasteiger partial charge is 0.396 e. The van der Waals surface area contributed by atoms with Gasteiger partial charge in [0.1, 0.15) is 0 Å². The molecule has 2 atom stereocenters. The molecule has 2 nitrogen and oxygen atoms in total. The van der Waals surface area contributed by atoms with Crippen molar-refractivity contribution in [1.82, 2.24) is 0 Å². The molecule has 0 aromatic carbocycles. The van der Waals surface area contributed by atoms with E-state index in [4.69, 9.17) is 5.11 Å². The third-order valence-electron chi connectivity index (χ3n) is 3.05. The summed E-state index contributed by atoms with van der Waals surface area (Å²) in [4.78, 5) is 4.67. The Hall–Kier alpha value is -0.540. The maximum absolute atomic E-state index is 8.68. The Morgan fingerprint density at radius 2 is 2.28 bits per heavy atom. The van der Waals surface area contributed by atoms with E-state index in [1.807, 2.05) is 11.8 Å². The maximum atomic E-state index is 8.68. The van der Waals surface area contributed by atoms with Crippen LogP contribution >= 0.6 is 11.8 Å². The van der Waals surface area contributed by atoms with Gasteiger partial charge < -0.3 is 5.11 Å². The monoisotopic (exact) mass is 267 g/mol. The Morgan fingerprint density at radius 3 is 2.94 bits per heavy atom. The van der Waals surface area contributed by atoms with Crippen LogP contribution in [0, 0.1) is 5.41 Å². The average molecular weight is 267 g/mol. The minimum Gasteiger partial charge on any atom is -0.396 e. The first-order chi connectivity index (χ1) is 8.66. The second-order valence-electron chi connectivity index (χ2n) is 5.10. The third-order valence-corrected chi connectivity index (χ3v) is 4.10. The predicted octanol–water partition coefficient (Wildman–Crippen LogP) is 3.47. The van der Waals surface area contributed by atoms with Crippen LogP contribution in [-0.2, 0) is 0 Å². The molecule has 3 heteroatoms. The fraction of sp³-hybridized carbons (Fsp3) is 0.667. The zero-order valence-corrected chi connectivity index (χ0v) is 12.3. The van der Waals surface area contributed by atoms with Crippen molar-refractivity contribution >= 4 is 18.0 Å². The molecular weight excluding hydrogens is 242 g/mol. The molecule has 0 heterocycles. The molecule has 1 N–H and O–H groups in total. The number of allylic oxidation sites excluding steroid dienone is 4. The number of aliphatic hydroxyl groups is 1. The molecule has 1 aliphatic carbocycles. The lowest BCUT2D eigenvalue weighted by molar-refractivity contribution is 0.322. The fourth-order valence-electron chi connectivity index (χ4n) is 1.86. The second kappa shape index (κ2) is 8.54. The molecule has 102 valence electrons. The number of thioether (sulfide) groups is 1. The topological polar surface area (TPSA) is 32.6 Å². The number of hydrogen-bond donors (Lipinski definition) is 1. The van der Waals surface area contributed by atoms with E-state index in [9.17, 15) is 0 Å². The van der Waals surface area contributed by atoms with Crippen LogP contribution in [0.25, 0.3) is 0 Å². The molecule has 0 spiro atoms. The lowest BCUT2D eigenvalue weighted by Crippen LogP contribution is -2.16. The molecule has 0 saturated heterocycles. The summed E-state index contributed by atoms with van der Waals surface area (Å²) in [7, 11) is 0. The average Bonchev–Trinajstić information content (AvgIpc) is 2.37. The van der Waals surface area contributed by atoms with Gasteiger partial charge in [-0.3, -0.25) is 4.99 Å². The predicted molar refractivity (Wildman–Crippen MR) is 82.6 cm³/mol. The third kappa shape index (κ3) is 6.41. The van der Waals surface area contributed by atoms with Crippen LogP contribution < -0.4 is 0 Å². The maximum Gasteiger partial charge on any atom is 0.0521 e. The fourth-order valence-corrected chi connectivity index (χ4v) is 2.56. The number of hydrogen-bond acceptors (Lipinski definition) is 3. The van der Waals surface area contributed by atoms with Gasteiger partial charge in [0.2, 0.25) is 0 Å². The lowest BCUT2D eigenvalue weighted by atomic mass is 9.85. The molecule has 0 aliphatic heterocycles. The highest BCUT2D eigenvalue weighted by Gasteiger charge is 2.18. The molecule has 1 rings (SSSR count). The van der Waals surface area contributed by atoms with Crippen molar-refractivity contribution in [3.8, 4) is 0 Å². The molecule has 0 amide bonds. The summed E-state index contributed by atoms with van der Waals surface area (Å²) in [5.74, 6) is 1.98. The second-order valence-corrected chi connectivity index (χ2v) is 6.33. The number of rotatable bonds is 8. The van der Waals surface area contributed by atoms with Gasteiger partial charge in [-0.1, -0.05) is 31.2 Å². The Balaban J connectivity index is 2.20. The minimum atomic E-state index is 0.106. The Kier molecular flexibility index (Phi) is 7.36. The van der Waals surface area contributed by atoms with Gasteiger partial charge in [0, 0.05) is 23.4 Å². The van der Waals surface area contributed by atoms with Crippen LogP contribution in [-0.4, -0.2) is 35.5 Å². The van der Waals surface area contributed by atoms with E-state index in [1.54, 1.807) is 0 Å². The van der Waals surface area contributed by atoms with Crippen LogP contribution in [0.1, 0.15) is 33.1 Å². The van der Waals surface area contributed by atoms with E-state index < -0.39 is 0 Å². The minimum absolute atomic E-state index is 0.106. The molecular formula is C15H25NOS. The Bertz CT molecular complexity index is 312. The van der Waals surface area contributed by atoms with Gasteiger partial charge in [-0.05, 0) is 31.9 Å². The van der Waals surface area contributed by atoms with E-state index in [2.05, 4.69) is 49.4 Å². The molecule has 0 aromatic rings. The normalized spacial score (nSPS) is 24.8. The van der Waals surface area contributed by atoms with Crippen molar-refractivity contribution < 1.29 is 5.11 Å². The smallest absolute Gasteiger partial charge is 0.0521 e. The summed E-state index contributed by atoms with van der Waals surface area (Å²) in [6, 6.07) is 0.399. The molecule has 0 fully saturated rings. The molecule has 2 unspecified atom stereocenters. The molecule has 1 aliphatic rings. The van der Waals surface area contributed by atoms with E-state index in [-0.39, 0.29) is 12.0 Å². The quantitative estimate of drug-likeness (QED) is 0.539. The number of aliphatic hydroxyl groups excluding tert-OH is 1. The van der Waals surface area contributed by atoms with Crippen LogP contribution in [0.2, 0.25) is 0 Å². The van der Waals surface area contributed by atoms with Gasteiger partial charge in [0.05, 0.1) is 6.61 Å². The van der Waals surface area contributed by atoms with Crippen molar-refractivity contribution in [1.29, 1.82) is 0 Å². The van der Waals surface area contributed by atoms with Crippen LogP contribution in [0.5, 0.6) is 0 Å². The van der Waals surface area contributed by atoms with Crippen molar-refractivity contribution in [2.45, 2.75) is 39.2 Å². The first-order valence-corrected chi connectivity index (χ1v) is 7.89. The van der Waals surface area contributed by atoms with Gasteiger partial charge in [0.15, 0.2) is 0 Å². The summed E-state index contributed by atoms with van der Waals surface area (Å²) >= 11 is 1.82. The van der Waals surface area contributed by atoms with Crippen LogP contribution in [0.4, 0.5) is 0 Å². The SMILES string of the molecule is CC(CCCSCCO)N=CC1(C)C=CC=CC1. The summed E-state index contributed by atoms with van der Waals surface area (Å²) in [5, 5.41) is 8.68. The highest BCUT2D eigenvalue weighted by atomic mass is 32.2. The summed E-state index contributed by atoms with van der Waals surface area (Å²) in [6.45, 7) is 4.69. The van der Waals surface area contributed by atoms with Crippen LogP contribution in [0.3, 0.4) is 0 Å². The summed E-state index contributed by atoms with van der Waals surface area (Å²) < 4.78 is 0. The molecule has 18 heavy (non-hydrogen) atoms. The van der Waals surface area contributed by atoms with Gasteiger partial charge >= 0.3 is 0 Å². The van der Waals surface area contributed by atoms with Gasteiger partial charge in [0.25, 0.3) is 0 Å².